The molecule has 6 heteroatoms. The molecule has 0 unspecified atom stereocenters. The van der Waals surface area contributed by atoms with Crippen LogP contribution in [0.1, 0.15) is 55.3 Å². The van der Waals surface area contributed by atoms with Gasteiger partial charge < -0.3 is 4.90 Å². The highest BCUT2D eigenvalue weighted by Crippen LogP contribution is 2.40. The molecule has 1 aliphatic heterocycles. The third-order valence-electron chi connectivity index (χ3n) is 5.13. The van der Waals surface area contributed by atoms with Gasteiger partial charge in [0.05, 0.1) is 11.7 Å². The fourth-order valence-electron chi connectivity index (χ4n) is 3.60. The number of aromatic nitrogens is 2. The lowest BCUT2D eigenvalue weighted by atomic mass is 9.95. The Labute approximate surface area is 146 Å². The molecule has 1 aromatic heterocycles. The van der Waals surface area contributed by atoms with Gasteiger partial charge in [-0.2, -0.15) is 5.10 Å². The number of nitrogens with one attached hydrogen (secondary N) is 1. The molecule has 132 valence electrons. The van der Waals surface area contributed by atoms with Gasteiger partial charge in [0.1, 0.15) is 11.6 Å². The molecule has 2 aromatic rings. The molecule has 0 bridgehead atoms. The van der Waals surface area contributed by atoms with E-state index in [1.807, 2.05) is 24.1 Å². The average Bonchev–Trinajstić information content (AvgIpc) is 3.40. The number of piperidine rings is 1. The zero-order valence-electron chi connectivity index (χ0n) is 14.4. The maximum Gasteiger partial charge on any atom is 0.323 e. The third kappa shape index (κ3) is 3.38. The van der Waals surface area contributed by atoms with Gasteiger partial charge in [0.2, 0.25) is 0 Å². The Morgan fingerprint density at radius 1 is 1.24 bits per heavy atom. The number of urea groups is 1. The van der Waals surface area contributed by atoms with Gasteiger partial charge in [-0.25, -0.2) is 9.18 Å². The second-order valence-electron chi connectivity index (χ2n) is 7.04. The first-order valence-corrected chi connectivity index (χ1v) is 8.99. The molecule has 2 aliphatic rings. The molecule has 4 rings (SSSR count). The van der Waals surface area contributed by atoms with Crippen molar-refractivity contribution >= 4 is 11.8 Å². The lowest BCUT2D eigenvalue weighted by molar-refractivity contribution is 0.163. The van der Waals surface area contributed by atoms with Crippen LogP contribution < -0.4 is 5.32 Å². The second-order valence-corrected chi connectivity index (χ2v) is 7.04. The highest BCUT2D eigenvalue weighted by Gasteiger charge is 2.30. The second kappa shape index (κ2) is 6.50. The molecule has 25 heavy (non-hydrogen) atoms. The van der Waals surface area contributed by atoms with Crippen molar-refractivity contribution in [2.24, 2.45) is 7.05 Å². The monoisotopic (exact) mass is 342 g/mol. The fraction of sp³-hybridized carbons (Fsp3) is 0.474. The summed E-state index contributed by atoms with van der Waals surface area (Å²) in [4.78, 5) is 14.7. The Bertz CT molecular complexity index is 783. The van der Waals surface area contributed by atoms with E-state index in [1.165, 1.54) is 25.0 Å². The van der Waals surface area contributed by atoms with Crippen LogP contribution >= 0.6 is 0 Å². The van der Waals surface area contributed by atoms with Crippen LogP contribution in [0.25, 0.3) is 0 Å². The van der Waals surface area contributed by atoms with E-state index in [0.29, 0.717) is 12.5 Å². The molecule has 2 fully saturated rings. The van der Waals surface area contributed by atoms with Gasteiger partial charge in [-0.15, -0.1) is 0 Å². The predicted octanol–water partition coefficient (Wildman–Crippen LogP) is 4.20. The van der Waals surface area contributed by atoms with E-state index in [9.17, 15) is 9.18 Å². The zero-order chi connectivity index (χ0) is 17.4. The quantitative estimate of drug-likeness (QED) is 0.909. The van der Waals surface area contributed by atoms with Crippen molar-refractivity contribution in [1.29, 1.82) is 0 Å². The molecule has 1 saturated heterocycles. The van der Waals surface area contributed by atoms with E-state index in [-0.39, 0.29) is 17.9 Å². The van der Waals surface area contributed by atoms with Crippen molar-refractivity contribution < 1.29 is 9.18 Å². The molecular weight excluding hydrogens is 319 g/mol. The number of halogens is 1. The molecule has 1 atom stereocenters. The summed E-state index contributed by atoms with van der Waals surface area (Å²) >= 11 is 0. The molecular formula is C19H23FN4O. The number of aryl methyl sites for hydroxylation is 1. The van der Waals surface area contributed by atoms with Gasteiger partial charge in [0.15, 0.2) is 0 Å². The van der Waals surface area contributed by atoms with Crippen LogP contribution in [0.4, 0.5) is 15.0 Å². The van der Waals surface area contributed by atoms with Crippen LogP contribution in [0.5, 0.6) is 0 Å². The van der Waals surface area contributed by atoms with Crippen LogP contribution in [-0.2, 0) is 7.05 Å². The summed E-state index contributed by atoms with van der Waals surface area (Å²) in [6.45, 7) is 0.681. The number of hydrogen-bond donors (Lipinski definition) is 1. The number of anilines is 1. The van der Waals surface area contributed by atoms with Crippen LogP contribution in [0.15, 0.2) is 30.3 Å². The highest BCUT2D eigenvalue weighted by atomic mass is 19.1. The largest absolute Gasteiger partial charge is 0.323 e. The van der Waals surface area contributed by atoms with Crippen molar-refractivity contribution in [3.05, 3.63) is 47.4 Å². The molecule has 0 radical (unpaired) electrons. The predicted molar refractivity (Wildman–Crippen MR) is 93.9 cm³/mol. The van der Waals surface area contributed by atoms with E-state index < -0.39 is 0 Å². The van der Waals surface area contributed by atoms with Crippen LogP contribution in [0.2, 0.25) is 0 Å². The minimum atomic E-state index is -0.260. The van der Waals surface area contributed by atoms with Gasteiger partial charge in [-0.05, 0) is 49.8 Å². The van der Waals surface area contributed by atoms with E-state index in [0.717, 1.165) is 36.3 Å². The minimum Gasteiger partial charge on any atom is -0.317 e. The summed E-state index contributed by atoms with van der Waals surface area (Å²) in [7, 11) is 1.85. The van der Waals surface area contributed by atoms with Crippen LogP contribution in [0, 0.1) is 5.82 Å². The lowest BCUT2D eigenvalue weighted by Crippen LogP contribution is -2.41. The summed E-state index contributed by atoms with van der Waals surface area (Å²) in [6, 6.07) is 8.32. The minimum absolute atomic E-state index is 0.0828. The van der Waals surface area contributed by atoms with Crippen LogP contribution in [-0.4, -0.2) is 27.3 Å². The molecule has 2 amide bonds. The van der Waals surface area contributed by atoms with Gasteiger partial charge in [-0.1, -0.05) is 12.1 Å². The lowest BCUT2D eigenvalue weighted by Gasteiger charge is -2.36. The summed E-state index contributed by atoms with van der Waals surface area (Å²) < 4.78 is 15.3. The van der Waals surface area contributed by atoms with Gasteiger partial charge in [0.25, 0.3) is 0 Å². The summed E-state index contributed by atoms with van der Waals surface area (Å²) in [6.07, 6.45) is 5.23. The number of nitrogens with zero attached hydrogens (tertiary/aromatic N) is 3. The number of carbonyl (C=O) groups excluding carboxylic acids is 1. The maximum absolute atomic E-state index is 13.6. The Morgan fingerprint density at radius 3 is 2.84 bits per heavy atom. The number of amides is 2. The first kappa shape index (κ1) is 16.1. The molecule has 5 nitrogen and oxygen atoms in total. The van der Waals surface area contributed by atoms with E-state index in [2.05, 4.69) is 10.4 Å². The Hall–Kier alpha value is -2.37. The molecule has 1 aliphatic carbocycles. The van der Waals surface area contributed by atoms with Gasteiger partial charge in [0, 0.05) is 25.6 Å². The van der Waals surface area contributed by atoms with Crippen molar-refractivity contribution in [3.8, 4) is 0 Å². The number of rotatable bonds is 3. The maximum atomic E-state index is 13.6. The van der Waals surface area contributed by atoms with Crippen LogP contribution in [0.3, 0.4) is 0 Å². The number of benzene rings is 1. The molecule has 1 N–H and O–H groups in total. The van der Waals surface area contributed by atoms with Crippen molar-refractivity contribution in [3.63, 3.8) is 0 Å². The zero-order valence-corrected chi connectivity index (χ0v) is 14.4. The van der Waals surface area contributed by atoms with E-state index in [1.54, 1.807) is 10.7 Å². The van der Waals surface area contributed by atoms with Gasteiger partial charge in [-0.3, -0.25) is 10.00 Å². The van der Waals surface area contributed by atoms with Crippen molar-refractivity contribution in [1.82, 2.24) is 14.7 Å². The first-order valence-electron chi connectivity index (χ1n) is 8.99. The summed E-state index contributed by atoms with van der Waals surface area (Å²) in [5.41, 5.74) is 1.91. The van der Waals surface area contributed by atoms with E-state index in [4.69, 9.17) is 0 Å². The Balaban J connectivity index is 1.52. The third-order valence-corrected chi connectivity index (χ3v) is 5.13. The standard InChI is InChI=1S/C19H23FN4O/c1-23-18(12-16(22-23)13-8-9-13)21-19(25)24-10-3-2-7-17(24)14-5-4-6-15(20)11-14/h4-6,11-13,17H,2-3,7-10H2,1H3,(H,21,25)/t17-/m0/s1. The Morgan fingerprint density at radius 2 is 2.08 bits per heavy atom. The number of likely N-dealkylation sites (tertiary alicyclic amines) is 1. The topological polar surface area (TPSA) is 50.2 Å². The molecule has 1 aromatic carbocycles. The highest BCUT2D eigenvalue weighted by molar-refractivity contribution is 5.89. The molecule has 0 spiro atoms. The molecule has 2 heterocycles. The normalized spacial score (nSPS) is 20.6. The van der Waals surface area contributed by atoms with E-state index >= 15 is 0 Å². The number of carbonyl (C=O) groups is 1. The Kier molecular flexibility index (Phi) is 4.19. The van der Waals surface area contributed by atoms with Gasteiger partial charge >= 0.3 is 6.03 Å². The SMILES string of the molecule is Cn1nc(C2CC2)cc1NC(=O)N1CCCC[C@H]1c1cccc(F)c1. The number of hydrogen-bond acceptors (Lipinski definition) is 2. The van der Waals surface area contributed by atoms with Crippen molar-refractivity contribution in [2.75, 3.05) is 11.9 Å². The first-order chi connectivity index (χ1) is 12.1. The summed E-state index contributed by atoms with van der Waals surface area (Å²) in [5, 5.41) is 7.48. The van der Waals surface area contributed by atoms with Crippen molar-refractivity contribution in [2.45, 2.75) is 44.1 Å². The smallest absolute Gasteiger partial charge is 0.317 e. The fourth-order valence-corrected chi connectivity index (χ4v) is 3.60. The molecule has 1 saturated carbocycles. The average molecular weight is 342 g/mol. The summed E-state index contributed by atoms with van der Waals surface area (Å²) in [5.74, 6) is 1.01.